The van der Waals surface area contributed by atoms with E-state index in [1.54, 1.807) is 0 Å². The second kappa shape index (κ2) is 5.33. The van der Waals surface area contributed by atoms with Gasteiger partial charge in [-0.1, -0.05) is 0 Å². The van der Waals surface area contributed by atoms with Crippen LogP contribution in [0.3, 0.4) is 0 Å². The van der Waals surface area contributed by atoms with E-state index < -0.39 is 14.8 Å². The number of sulfone groups is 1. The minimum atomic E-state index is -3.62. The fourth-order valence-corrected chi connectivity index (χ4v) is 2.82. The Kier molecular flexibility index (Phi) is 4.30. The van der Waals surface area contributed by atoms with E-state index in [2.05, 4.69) is 0 Å². The Morgan fingerprint density at radius 1 is 1.41 bits per heavy atom. The molecular weight excluding hydrogens is 270 g/mol. The van der Waals surface area contributed by atoms with Crippen molar-refractivity contribution in [2.75, 3.05) is 18.7 Å². The summed E-state index contributed by atoms with van der Waals surface area (Å²) in [6, 6.07) is 3.37. The molecule has 1 aromatic carbocycles. The van der Waals surface area contributed by atoms with Crippen molar-refractivity contribution in [3.8, 4) is 5.75 Å². The van der Waals surface area contributed by atoms with Gasteiger partial charge in [0, 0.05) is 11.9 Å². The normalized spacial score (nSPS) is 11.2. The number of halogens is 1. The Morgan fingerprint density at radius 2 is 2.06 bits per heavy atom. The SMILES string of the molecule is COc1cc([N+](=O)[O-])cc(S(=O)(=O)CCCl)c1. The summed E-state index contributed by atoms with van der Waals surface area (Å²) in [7, 11) is -2.31. The van der Waals surface area contributed by atoms with Crippen molar-refractivity contribution in [1.82, 2.24) is 0 Å². The minimum Gasteiger partial charge on any atom is -0.496 e. The first-order valence-corrected chi connectivity index (χ1v) is 6.71. The molecule has 0 N–H and O–H groups in total. The van der Waals surface area contributed by atoms with E-state index in [1.165, 1.54) is 13.2 Å². The topological polar surface area (TPSA) is 86.5 Å². The highest BCUT2D eigenvalue weighted by atomic mass is 35.5. The Morgan fingerprint density at radius 3 is 2.53 bits per heavy atom. The van der Waals surface area contributed by atoms with Crippen molar-refractivity contribution >= 4 is 27.1 Å². The molecule has 0 aliphatic rings. The van der Waals surface area contributed by atoms with E-state index in [-0.39, 0.29) is 28.0 Å². The van der Waals surface area contributed by atoms with E-state index in [0.717, 1.165) is 12.1 Å². The van der Waals surface area contributed by atoms with Gasteiger partial charge in [0.2, 0.25) is 0 Å². The molecule has 0 saturated carbocycles. The molecule has 6 nitrogen and oxygen atoms in total. The molecule has 0 heterocycles. The molecule has 94 valence electrons. The fraction of sp³-hybridized carbons (Fsp3) is 0.333. The molecular formula is C9H10ClNO5S. The summed E-state index contributed by atoms with van der Waals surface area (Å²) in [4.78, 5) is 9.79. The van der Waals surface area contributed by atoms with Crippen LogP contribution in [0.15, 0.2) is 23.1 Å². The number of non-ortho nitro benzene ring substituents is 1. The molecule has 0 unspecified atom stereocenters. The van der Waals surface area contributed by atoms with E-state index in [9.17, 15) is 18.5 Å². The molecule has 1 rings (SSSR count). The van der Waals surface area contributed by atoms with Crippen molar-refractivity contribution in [2.24, 2.45) is 0 Å². The second-order valence-corrected chi connectivity index (χ2v) is 5.62. The maximum Gasteiger partial charge on any atom is 0.274 e. The standard InChI is InChI=1S/C9H10ClNO5S/c1-16-8-4-7(11(12)13)5-9(6-8)17(14,15)3-2-10/h4-6H,2-3H2,1H3. The number of benzene rings is 1. The highest BCUT2D eigenvalue weighted by Gasteiger charge is 2.19. The van der Waals surface area contributed by atoms with Crippen LogP contribution >= 0.6 is 11.6 Å². The van der Waals surface area contributed by atoms with Crippen LogP contribution in [0, 0.1) is 10.1 Å². The van der Waals surface area contributed by atoms with Crippen molar-refractivity contribution in [3.63, 3.8) is 0 Å². The lowest BCUT2D eigenvalue weighted by atomic mass is 10.3. The van der Waals surface area contributed by atoms with Crippen molar-refractivity contribution in [1.29, 1.82) is 0 Å². The summed E-state index contributed by atoms with van der Waals surface area (Å²) in [5, 5.41) is 10.6. The number of nitro groups is 1. The first kappa shape index (κ1) is 13.7. The zero-order chi connectivity index (χ0) is 13.1. The third-order valence-corrected chi connectivity index (χ3v) is 4.12. The van der Waals surface area contributed by atoms with Gasteiger partial charge in [0.05, 0.1) is 28.7 Å². The number of alkyl halides is 1. The lowest BCUT2D eigenvalue weighted by Gasteiger charge is -2.05. The van der Waals surface area contributed by atoms with Gasteiger partial charge < -0.3 is 4.74 Å². The quantitative estimate of drug-likeness (QED) is 0.464. The van der Waals surface area contributed by atoms with Crippen molar-refractivity contribution < 1.29 is 18.1 Å². The summed E-state index contributed by atoms with van der Waals surface area (Å²) in [6.07, 6.45) is 0. The van der Waals surface area contributed by atoms with E-state index in [1.807, 2.05) is 0 Å². The van der Waals surface area contributed by atoms with Crippen LogP contribution in [0.2, 0.25) is 0 Å². The summed E-state index contributed by atoms with van der Waals surface area (Å²) in [6.45, 7) is 0. The van der Waals surface area contributed by atoms with Gasteiger partial charge >= 0.3 is 0 Å². The maximum absolute atomic E-state index is 11.7. The Hall–Kier alpha value is -1.34. The monoisotopic (exact) mass is 279 g/mol. The molecule has 0 bridgehead atoms. The van der Waals surface area contributed by atoms with Gasteiger partial charge in [0.1, 0.15) is 5.75 Å². The molecule has 0 atom stereocenters. The van der Waals surface area contributed by atoms with E-state index in [0.29, 0.717) is 0 Å². The number of hydrogen-bond acceptors (Lipinski definition) is 5. The number of hydrogen-bond donors (Lipinski definition) is 0. The van der Waals surface area contributed by atoms with Crippen LogP contribution < -0.4 is 4.74 Å². The molecule has 0 aromatic heterocycles. The van der Waals surface area contributed by atoms with Crippen LogP contribution in [-0.4, -0.2) is 32.1 Å². The van der Waals surface area contributed by atoms with Crippen LogP contribution in [0.5, 0.6) is 5.75 Å². The summed E-state index contributed by atoms with van der Waals surface area (Å²) in [5.74, 6) is -0.237. The molecule has 0 amide bonds. The number of ether oxygens (including phenoxy) is 1. The number of nitro benzene ring substituents is 1. The molecule has 0 radical (unpaired) electrons. The van der Waals surface area contributed by atoms with Crippen LogP contribution in [0.4, 0.5) is 5.69 Å². The zero-order valence-electron chi connectivity index (χ0n) is 8.92. The first-order valence-electron chi connectivity index (χ1n) is 4.53. The highest BCUT2D eigenvalue weighted by Crippen LogP contribution is 2.26. The average Bonchev–Trinajstić information content (AvgIpc) is 2.28. The van der Waals surface area contributed by atoms with E-state index in [4.69, 9.17) is 16.3 Å². The molecule has 17 heavy (non-hydrogen) atoms. The van der Waals surface area contributed by atoms with Gasteiger partial charge in [-0.25, -0.2) is 8.42 Å². The number of methoxy groups -OCH3 is 1. The van der Waals surface area contributed by atoms with Crippen LogP contribution in [0.25, 0.3) is 0 Å². The van der Waals surface area contributed by atoms with E-state index >= 15 is 0 Å². The second-order valence-electron chi connectivity index (χ2n) is 3.13. The van der Waals surface area contributed by atoms with Gasteiger partial charge in [-0.2, -0.15) is 0 Å². The fourth-order valence-electron chi connectivity index (χ4n) is 1.18. The molecule has 8 heteroatoms. The summed E-state index contributed by atoms with van der Waals surface area (Å²) < 4.78 is 28.2. The van der Waals surface area contributed by atoms with Gasteiger partial charge in [-0.05, 0) is 6.07 Å². The molecule has 0 fully saturated rings. The summed E-state index contributed by atoms with van der Waals surface area (Å²) >= 11 is 5.37. The number of nitrogens with zero attached hydrogens (tertiary/aromatic N) is 1. The largest absolute Gasteiger partial charge is 0.496 e. The molecule has 0 saturated heterocycles. The third-order valence-electron chi connectivity index (χ3n) is 2.02. The van der Waals surface area contributed by atoms with Crippen LogP contribution in [-0.2, 0) is 9.84 Å². The third kappa shape index (κ3) is 3.31. The first-order chi connectivity index (χ1) is 7.90. The Bertz CT molecular complexity index is 528. The van der Waals surface area contributed by atoms with Crippen molar-refractivity contribution in [3.05, 3.63) is 28.3 Å². The Balaban J connectivity index is 3.34. The van der Waals surface area contributed by atoms with Crippen molar-refractivity contribution in [2.45, 2.75) is 4.90 Å². The van der Waals surface area contributed by atoms with Gasteiger partial charge in [0.15, 0.2) is 9.84 Å². The highest BCUT2D eigenvalue weighted by molar-refractivity contribution is 7.91. The molecule has 0 aliphatic carbocycles. The smallest absolute Gasteiger partial charge is 0.274 e. The summed E-state index contributed by atoms with van der Waals surface area (Å²) in [5.41, 5.74) is -0.336. The predicted octanol–water partition coefficient (Wildman–Crippen LogP) is 1.62. The lowest BCUT2D eigenvalue weighted by molar-refractivity contribution is -0.385. The average molecular weight is 280 g/mol. The molecule has 1 aromatic rings. The molecule has 0 aliphatic heterocycles. The van der Waals surface area contributed by atoms with Gasteiger partial charge in [0.25, 0.3) is 5.69 Å². The predicted molar refractivity (Wildman–Crippen MR) is 62.4 cm³/mol. The lowest BCUT2D eigenvalue weighted by Crippen LogP contribution is -2.08. The maximum atomic E-state index is 11.7. The minimum absolute atomic E-state index is 0.0761. The van der Waals surface area contributed by atoms with Gasteiger partial charge in [-0.15, -0.1) is 11.6 Å². The van der Waals surface area contributed by atoms with Crippen LogP contribution in [0.1, 0.15) is 0 Å². The Labute approximate surface area is 103 Å². The molecule has 0 spiro atoms. The zero-order valence-corrected chi connectivity index (χ0v) is 10.5. The van der Waals surface area contributed by atoms with Gasteiger partial charge in [-0.3, -0.25) is 10.1 Å². The number of rotatable bonds is 5.